The second kappa shape index (κ2) is 5.23. The quantitative estimate of drug-likeness (QED) is 0.833. The number of anilines is 1. The Morgan fingerprint density at radius 3 is 3.06 bits per heavy atom. The maximum absolute atomic E-state index is 4.28. The van der Waals surface area contributed by atoms with E-state index in [4.69, 9.17) is 0 Å². The summed E-state index contributed by atoms with van der Waals surface area (Å²) in [5.41, 5.74) is 1.02. The molecule has 1 atom stereocenters. The van der Waals surface area contributed by atoms with Crippen LogP contribution in [0.15, 0.2) is 17.8 Å². The van der Waals surface area contributed by atoms with E-state index in [1.54, 1.807) is 17.7 Å². The number of hydrogen-bond donors (Lipinski definition) is 2. The lowest BCUT2D eigenvalue weighted by Crippen LogP contribution is -2.23. The minimum absolute atomic E-state index is 0.579. The Bertz CT molecular complexity index is 454. The minimum Gasteiger partial charge on any atom is -0.368 e. The molecule has 4 nitrogen and oxygen atoms in total. The fourth-order valence-corrected chi connectivity index (χ4v) is 2.42. The van der Waals surface area contributed by atoms with E-state index in [2.05, 4.69) is 27.5 Å². The van der Waals surface area contributed by atoms with Gasteiger partial charge in [-0.3, -0.25) is 0 Å². The Hall–Kier alpha value is -1.20. The van der Waals surface area contributed by atoms with Gasteiger partial charge in [0.2, 0.25) is 0 Å². The maximum atomic E-state index is 4.28. The van der Waals surface area contributed by atoms with Gasteiger partial charge in [0.25, 0.3) is 0 Å². The Balaban J connectivity index is 2.06. The molecule has 0 saturated carbocycles. The van der Waals surface area contributed by atoms with Crippen molar-refractivity contribution < 1.29 is 0 Å². The summed E-state index contributed by atoms with van der Waals surface area (Å²) in [5.74, 6) is 1.53. The van der Waals surface area contributed by atoms with Crippen molar-refractivity contribution in [3.63, 3.8) is 0 Å². The molecule has 0 radical (unpaired) electrons. The van der Waals surface area contributed by atoms with Crippen LogP contribution in [0.25, 0.3) is 10.2 Å². The van der Waals surface area contributed by atoms with Gasteiger partial charge in [0.1, 0.15) is 12.1 Å². The molecule has 16 heavy (non-hydrogen) atoms. The number of fused-ring (bicyclic) bond motifs is 1. The lowest BCUT2D eigenvalue weighted by molar-refractivity contribution is 0.569. The van der Waals surface area contributed by atoms with Crippen LogP contribution in [-0.2, 0) is 0 Å². The molecule has 0 bridgehead atoms. The van der Waals surface area contributed by atoms with Crippen molar-refractivity contribution in [2.45, 2.75) is 6.92 Å². The average Bonchev–Trinajstić information content (AvgIpc) is 2.75. The number of rotatable bonds is 5. The van der Waals surface area contributed by atoms with Gasteiger partial charge in [0.15, 0.2) is 0 Å². The smallest absolute Gasteiger partial charge is 0.147 e. The van der Waals surface area contributed by atoms with Gasteiger partial charge in [-0.05, 0) is 31.0 Å². The summed E-state index contributed by atoms with van der Waals surface area (Å²) in [6.45, 7) is 4.13. The first kappa shape index (κ1) is 11.3. The minimum atomic E-state index is 0.579. The number of aromatic nitrogens is 2. The highest BCUT2D eigenvalue weighted by atomic mass is 32.1. The summed E-state index contributed by atoms with van der Waals surface area (Å²) in [5, 5.41) is 8.59. The second-order valence-electron chi connectivity index (χ2n) is 3.90. The summed E-state index contributed by atoms with van der Waals surface area (Å²) in [6, 6.07) is 2.02. The van der Waals surface area contributed by atoms with Crippen molar-refractivity contribution in [1.29, 1.82) is 0 Å². The number of hydrogen-bond acceptors (Lipinski definition) is 5. The van der Waals surface area contributed by atoms with Crippen molar-refractivity contribution in [3.05, 3.63) is 17.8 Å². The molecule has 0 fully saturated rings. The van der Waals surface area contributed by atoms with Gasteiger partial charge in [-0.15, -0.1) is 11.3 Å². The molecule has 0 aliphatic carbocycles. The largest absolute Gasteiger partial charge is 0.368 e. The summed E-state index contributed by atoms with van der Waals surface area (Å²) in [4.78, 5) is 8.49. The van der Waals surface area contributed by atoms with E-state index in [-0.39, 0.29) is 0 Å². The maximum Gasteiger partial charge on any atom is 0.147 e. The molecule has 2 N–H and O–H groups in total. The number of nitrogens with one attached hydrogen (secondary N) is 2. The number of thiophene rings is 1. The highest BCUT2D eigenvalue weighted by Gasteiger charge is 2.06. The lowest BCUT2D eigenvalue weighted by atomic mass is 10.2. The molecule has 0 amide bonds. The van der Waals surface area contributed by atoms with E-state index >= 15 is 0 Å². The Morgan fingerprint density at radius 1 is 1.38 bits per heavy atom. The first-order valence-corrected chi connectivity index (χ1v) is 6.26. The third-order valence-corrected chi connectivity index (χ3v) is 3.32. The van der Waals surface area contributed by atoms with E-state index in [0.29, 0.717) is 5.92 Å². The van der Waals surface area contributed by atoms with E-state index in [9.17, 15) is 0 Å². The van der Waals surface area contributed by atoms with Crippen molar-refractivity contribution in [1.82, 2.24) is 15.3 Å². The van der Waals surface area contributed by atoms with Crippen LogP contribution in [0, 0.1) is 5.92 Å². The van der Waals surface area contributed by atoms with Gasteiger partial charge in [0.05, 0.1) is 10.2 Å². The molecule has 86 valence electrons. The SMILES string of the molecule is CNCC(C)CNc1ncnc2ccsc12. The molecule has 2 rings (SSSR count). The molecule has 1 unspecified atom stereocenters. The molecule has 0 aliphatic heterocycles. The van der Waals surface area contributed by atoms with Gasteiger partial charge < -0.3 is 10.6 Å². The van der Waals surface area contributed by atoms with Crippen molar-refractivity contribution in [2.24, 2.45) is 5.92 Å². The summed E-state index contributed by atoms with van der Waals surface area (Å²) < 4.78 is 1.14. The second-order valence-corrected chi connectivity index (χ2v) is 4.82. The first-order chi connectivity index (χ1) is 7.81. The van der Waals surface area contributed by atoms with E-state index in [0.717, 1.165) is 29.1 Å². The van der Waals surface area contributed by atoms with Gasteiger partial charge in [-0.2, -0.15) is 0 Å². The zero-order chi connectivity index (χ0) is 11.4. The molecule has 0 saturated heterocycles. The summed E-state index contributed by atoms with van der Waals surface area (Å²) in [6.07, 6.45) is 1.61. The highest BCUT2D eigenvalue weighted by molar-refractivity contribution is 7.17. The zero-order valence-electron chi connectivity index (χ0n) is 9.53. The lowest BCUT2D eigenvalue weighted by Gasteiger charge is -2.12. The van der Waals surface area contributed by atoms with Crippen molar-refractivity contribution in [3.8, 4) is 0 Å². The number of nitrogens with zero attached hydrogens (tertiary/aromatic N) is 2. The van der Waals surface area contributed by atoms with Crippen LogP contribution in [0.1, 0.15) is 6.92 Å². The van der Waals surface area contributed by atoms with Crippen molar-refractivity contribution in [2.75, 3.05) is 25.5 Å². The predicted molar refractivity (Wildman–Crippen MR) is 69.0 cm³/mol. The molecular weight excluding hydrogens is 220 g/mol. The van der Waals surface area contributed by atoms with Crippen LogP contribution in [0.3, 0.4) is 0 Å². The molecule has 2 aromatic rings. The van der Waals surface area contributed by atoms with Gasteiger partial charge >= 0.3 is 0 Å². The van der Waals surface area contributed by atoms with Crippen LogP contribution in [0.4, 0.5) is 5.82 Å². The van der Waals surface area contributed by atoms with E-state index in [1.165, 1.54) is 0 Å². The monoisotopic (exact) mass is 236 g/mol. The fourth-order valence-electron chi connectivity index (χ4n) is 1.61. The Labute approximate surface area is 99.1 Å². The molecule has 0 aliphatic rings. The summed E-state index contributed by atoms with van der Waals surface area (Å²) >= 11 is 1.68. The molecular formula is C11H16N4S. The van der Waals surface area contributed by atoms with Gasteiger partial charge in [-0.25, -0.2) is 9.97 Å². The van der Waals surface area contributed by atoms with Crippen LogP contribution in [0.2, 0.25) is 0 Å². The fraction of sp³-hybridized carbons (Fsp3) is 0.455. The van der Waals surface area contributed by atoms with Crippen LogP contribution in [-0.4, -0.2) is 30.1 Å². The highest BCUT2D eigenvalue weighted by Crippen LogP contribution is 2.24. The Kier molecular flexibility index (Phi) is 3.69. The van der Waals surface area contributed by atoms with Gasteiger partial charge in [-0.1, -0.05) is 6.92 Å². The molecule has 0 aromatic carbocycles. The Morgan fingerprint density at radius 2 is 2.25 bits per heavy atom. The normalized spacial score (nSPS) is 12.9. The third kappa shape index (κ3) is 2.48. The topological polar surface area (TPSA) is 49.8 Å². The molecule has 5 heteroatoms. The van der Waals surface area contributed by atoms with E-state index < -0.39 is 0 Å². The van der Waals surface area contributed by atoms with Crippen LogP contribution in [0.5, 0.6) is 0 Å². The average molecular weight is 236 g/mol. The molecule has 2 heterocycles. The van der Waals surface area contributed by atoms with Crippen LogP contribution >= 0.6 is 11.3 Å². The zero-order valence-corrected chi connectivity index (χ0v) is 10.3. The molecule has 2 aromatic heterocycles. The third-order valence-electron chi connectivity index (χ3n) is 2.41. The first-order valence-electron chi connectivity index (χ1n) is 5.38. The predicted octanol–water partition coefficient (Wildman–Crippen LogP) is 1.96. The van der Waals surface area contributed by atoms with Crippen molar-refractivity contribution >= 4 is 27.4 Å². The van der Waals surface area contributed by atoms with Gasteiger partial charge in [0, 0.05) is 6.54 Å². The summed E-state index contributed by atoms with van der Waals surface area (Å²) in [7, 11) is 1.97. The van der Waals surface area contributed by atoms with E-state index in [1.807, 2.05) is 18.5 Å². The molecule has 0 spiro atoms. The standard InChI is InChI=1S/C11H16N4S/c1-8(5-12-2)6-13-11-10-9(3-4-16-10)14-7-15-11/h3-4,7-8,12H,5-6H2,1-2H3,(H,13,14,15). The van der Waals surface area contributed by atoms with Crippen LogP contribution < -0.4 is 10.6 Å².